The monoisotopic (exact) mass is 306 g/mol. The van der Waals surface area contributed by atoms with Gasteiger partial charge in [0, 0.05) is 17.1 Å². The van der Waals surface area contributed by atoms with Crippen molar-refractivity contribution < 1.29 is 13.6 Å². The molecule has 0 atom stereocenters. The SMILES string of the molecule is O=C(NC1(C(F)F)CCCC1)c1c[nH]c2ccccc2c1=O. The van der Waals surface area contributed by atoms with Crippen LogP contribution in [0, 0.1) is 0 Å². The molecule has 1 heterocycles. The Morgan fingerprint density at radius 2 is 1.91 bits per heavy atom. The van der Waals surface area contributed by atoms with Crippen LogP contribution in [0.1, 0.15) is 36.0 Å². The maximum Gasteiger partial charge on any atom is 0.261 e. The first-order valence-electron chi connectivity index (χ1n) is 7.25. The summed E-state index contributed by atoms with van der Waals surface area (Å²) in [4.78, 5) is 27.5. The van der Waals surface area contributed by atoms with E-state index in [-0.39, 0.29) is 18.4 Å². The molecular weight excluding hydrogens is 290 g/mol. The van der Waals surface area contributed by atoms with Gasteiger partial charge in [-0.05, 0) is 25.0 Å². The van der Waals surface area contributed by atoms with E-state index in [1.165, 1.54) is 6.20 Å². The Hall–Kier alpha value is -2.24. The fourth-order valence-corrected chi connectivity index (χ4v) is 3.03. The third-order valence-electron chi connectivity index (χ3n) is 4.31. The van der Waals surface area contributed by atoms with E-state index in [2.05, 4.69) is 10.3 Å². The molecule has 4 nitrogen and oxygen atoms in total. The number of benzene rings is 1. The molecule has 116 valence electrons. The highest BCUT2D eigenvalue weighted by atomic mass is 19.3. The summed E-state index contributed by atoms with van der Waals surface area (Å²) in [5.74, 6) is -0.741. The summed E-state index contributed by atoms with van der Waals surface area (Å²) in [5.41, 5.74) is -1.48. The van der Waals surface area contributed by atoms with Gasteiger partial charge in [-0.1, -0.05) is 25.0 Å². The largest absolute Gasteiger partial charge is 0.360 e. The van der Waals surface area contributed by atoms with Crippen molar-refractivity contribution in [2.24, 2.45) is 0 Å². The van der Waals surface area contributed by atoms with Crippen LogP contribution >= 0.6 is 0 Å². The van der Waals surface area contributed by atoms with Crippen molar-refractivity contribution in [3.63, 3.8) is 0 Å². The van der Waals surface area contributed by atoms with E-state index in [1.54, 1.807) is 24.3 Å². The predicted molar refractivity (Wildman–Crippen MR) is 79.2 cm³/mol. The number of halogens is 2. The average molecular weight is 306 g/mol. The summed E-state index contributed by atoms with van der Waals surface area (Å²) < 4.78 is 26.6. The lowest BCUT2D eigenvalue weighted by molar-refractivity contribution is 0.0304. The number of fused-ring (bicyclic) bond motifs is 1. The van der Waals surface area contributed by atoms with Crippen LogP contribution < -0.4 is 10.7 Å². The van der Waals surface area contributed by atoms with Gasteiger partial charge >= 0.3 is 0 Å². The molecule has 0 bridgehead atoms. The number of hydrogen-bond acceptors (Lipinski definition) is 2. The highest BCUT2D eigenvalue weighted by Crippen LogP contribution is 2.35. The summed E-state index contributed by atoms with van der Waals surface area (Å²) in [7, 11) is 0. The maximum atomic E-state index is 13.3. The van der Waals surface area contributed by atoms with Crippen molar-refractivity contribution in [1.82, 2.24) is 10.3 Å². The normalized spacial score (nSPS) is 17.0. The molecule has 2 aromatic rings. The molecule has 1 fully saturated rings. The zero-order valence-corrected chi connectivity index (χ0v) is 11.9. The Morgan fingerprint density at radius 3 is 2.59 bits per heavy atom. The van der Waals surface area contributed by atoms with Gasteiger partial charge < -0.3 is 10.3 Å². The van der Waals surface area contributed by atoms with Gasteiger partial charge in [-0.3, -0.25) is 9.59 Å². The first-order chi connectivity index (χ1) is 10.5. The number of nitrogens with one attached hydrogen (secondary N) is 2. The van der Waals surface area contributed by atoms with Gasteiger partial charge in [-0.25, -0.2) is 8.78 Å². The fraction of sp³-hybridized carbons (Fsp3) is 0.375. The van der Waals surface area contributed by atoms with Crippen molar-refractivity contribution in [1.29, 1.82) is 0 Å². The quantitative estimate of drug-likeness (QED) is 0.916. The first-order valence-corrected chi connectivity index (χ1v) is 7.25. The van der Waals surface area contributed by atoms with E-state index in [1.807, 2.05) is 0 Å². The van der Waals surface area contributed by atoms with Crippen LogP contribution in [0.5, 0.6) is 0 Å². The second kappa shape index (κ2) is 5.51. The van der Waals surface area contributed by atoms with Gasteiger partial charge in [-0.15, -0.1) is 0 Å². The number of carbonyl (C=O) groups is 1. The molecule has 0 radical (unpaired) electrons. The maximum absolute atomic E-state index is 13.3. The minimum absolute atomic E-state index is 0.134. The molecule has 1 aromatic heterocycles. The number of pyridine rings is 1. The number of alkyl halides is 2. The molecular formula is C16H16F2N2O2. The van der Waals surface area contributed by atoms with Gasteiger partial charge in [0.25, 0.3) is 12.3 Å². The lowest BCUT2D eigenvalue weighted by Gasteiger charge is -2.29. The highest BCUT2D eigenvalue weighted by molar-refractivity contribution is 5.97. The van der Waals surface area contributed by atoms with Crippen molar-refractivity contribution >= 4 is 16.8 Å². The minimum Gasteiger partial charge on any atom is -0.360 e. The molecule has 0 spiro atoms. The molecule has 2 N–H and O–H groups in total. The molecule has 6 heteroatoms. The van der Waals surface area contributed by atoms with Gasteiger partial charge in [0.05, 0.1) is 0 Å². The van der Waals surface area contributed by atoms with Crippen LogP contribution in [0.4, 0.5) is 8.78 Å². The Bertz CT molecular complexity index is 764. The summed E-state index contributed by atoms with van der Waals surface area (Å²) >= 11 is 0. The van der Waals surface area contributed by atoms with Gasteiger partial charge in [0.15, 0.2) is 0 Å². The fourth-order valence-electron chi connectivity index (χ4n) is 3.03. The highest BCUT2D eigenvalue weighted by Gasteiger charge is 2.44. The number of para-hydroxylation sites is 1. The summed E-state index contributed by atoms with van der Waals surface area (Å²) in [5, 5.41) is 2.77. The third kappa shape index (κ3) is 2.38. The van der Waals surface area contributed by atoms with E-state index in [4.69, 9.17) is 0 Å². The Kier molecular flexibility index (Phi) is 3.68. The number of hydrogen-bond donors (Lipinski definition) is 2. The zero-order chi connectivity index (χ0) is 15.7. The smallest absolute Gasteiger partial charge is 0.261 e. The number of aromatic nitrogens is 1. The van der Waals surface area contributed by atoms with Crippen LogP contribution in [-0.4, -0.2) is 22.9 Å². The Labute approximate surface area is 125 Å². The Balaban J connectivity index is 1.96. The number of amides is 1. The summed E-state index contributed by atoms with van der Waals surface area (Å²) in [6.45, 7) is 0. The molecule has 1 amide bonds. The minimum atomic E-state index is -2.64. The first kappa shape index (κ1) is 14.7. The molecule has 1 aliphatic rings. The van der Waals surface area contributed by atoms with E-state index in [0.717, 1.165) is 0 Å². The summed E-state index contributed by atoms with van der Waals surface area (Å²) in [6.07, 6.45) is 0.424. The third-order valence-corrected chi connectivity index (χ3v) is 4.31. The van der Waals surface area contributed by atoms with E-state index in [0.29, 0.717) is 23.7 Å². The number of rotatable bonds is 3. The number of H-pyrrole nitrogens is 1. The molecule has 0 saturated heterocycles. The van der Waals surface area contributed by atoms with Crippen LogP contribution in [0.2, 0.25) is 0 Å². The van der Waals surface area contributed by atoms with E-state index < -0.39 is 23.3 Å². The second-order valence-corrected chi connectivity index (χ2v) is 5.70. The van der Waals surface area contributed by atoms with Crippen LogP contribution in [0.15, 0.2) is 35.3 Å². The lowest BCUT2D eigenvalue weighted by atomic mass is 9.97. The molecule has 0 unspecified atom stereocenters. The standard InChI is InChI=1S/C16H16F2N2O2/c17-15(18)16(7-3-4-8-16)20-14(22)11-9-19-12-6-2-1-5-10(12)13(11)21/h1-2,5-6,9,15H,3-4,7-8H2,(H,19,21)(H,20,22). The van der Waals surface area contributed by atoms with E-state index in [9.17, 15) is 18.4 Å². The van der Waals surface area contributed by atoms with Crippen LogP contribution in [0.3, 0.4) is 0 Å². The molecule has 1 aromatic carbocycles. The Morgan fingerprint density at radius 1 is 1.23 bits per heavy atom. The van der Waals surface area contributed by atoms with Crippen molar-refractivity contribution in [2.75, 3.05) is 0 Å². The molecule has 3 rings (SSSR count). The number of aromatic amines is 1. The second-order valence-electron chi connectivity index (χ2n) is 5.70. The molecule has 1 aliphatic carbocycles. The van der Waals surface area contributed by atoms with Gasteiger partial charge in [0.2, 0.25) is 5.43 Å². The van der Waals surface area contributed by atoms with Gasteiger partial charge in [-0.2, -0.15) is 0 Å². The van der Waals surface area contributed by atoms with Crippen molar-refractivity contribution in [3.05, 3.63) is 46.2 Å². The van der Waals surface area contributed by atoms with Crippen LogP contribution in [-0.2, 0) is 0 Å². The predicted octanol–water partition coefficient (Wildman–Crippen LogP) is 2.84. The molecule has 0 aliphatic heterocycles. The average Bonchev–Trinajstić information content (AvgIpc) is 2.97. The summed E-state index contributed by atoms with van der Waals surface area (Å²) in [6, 6.07) is 6.78. The molecule has 1 saturated carbocycles. The topological polar surface area (TPSA) is 62.0 Å². The van der Waals surface area contributed by atoms with Gasteiger partial charge in [0.1, 0.15) is 11.1 Å². The lowest BCUT2D eigenvalue weighted by Crippen LogP contribution is -2.52. The number of carbonyl (C=O) groups excluding carboxylic acids is 1. The zero-order valence-electron chi connectivity index (χ0n) is 11.9. The van der Waals surface area contributed by atoms with Crippen LogP contribution in [0.25, 0.3) is 10.9 Å². The van der Waals surface area contributed by atoms with Crippen molar-refractivity contribution in [3.8, 4) is 0 Å². The molecule has 22 heavy (non-hydrogen) atoms. The van der Waals surface area contributed by atoms with Crippen molar-refractivity contribution in [2.45, 2.75) is 37.6 Å². The van der Waals surface area contributed by atoms with E-state index >= 15 is 0 Å².